The predicted molar refractivity (Wildman–Crippen MR) is 183 cm³/mol. The number of aromatic nitrogens is 3. The molecule has 3 fully saturated rings. The van der Waals surface area contributed by atoms with Gasteiger partial charge in [-0.1, -0.05) is 18.2 Å². The highest BCUT2D eigenvalue weighted by Crippen LogP contribution is 2.46. The Morgan fingerprint density at radius 1 is 1.02 bits per heavy atom. The molecule has 4 aromatic rings. The van der Waals surface area contributed by atoms with Crippen molar-refractivity contribution in [2.75, 3.05) is 20.2 Å². The van der Waals surface area contributed by atoms with Crippen LogP contribution in [0.2, 0.25) is 0 Å². The van der Waals surface area contributed by atoms with Crippen molar-refractivity contribution in [2.24, 2.45) is 24.8 Å². The van der Waals surface area contributed by atoms with E-state index in [1.54, 1.807) is 40.0 Å². The van der Waals surface area contributed by atoms with Crippen LogP contribution < -0.4 is 4.74 Å². The van der Waals surface area contributed by atoms with Gasteiger partial charge in [0.05, 0.1) is 42.7 Å². The maximum absolute atomic E-state index is 15.0. The Kier molecular flexibility index (Phi) is 8.43. The molecule has 1 amide bonds. The normalized spacial score (nSPS) is 22.7. The molecule has 3 heterocycles. The van der Waals surface area contributed by atoms with E-state index in [0.29, 0.717) is 35.6 Å². The largest absolute Gasteiger partial charge is 0.494 e. The third-order valence-corrected chi connectivity index (χ3v) is 10.3. The Bertz CT molecular complexity index is 1950. The van der Waals surface area contributed by atoms with Crippen LogP contribution in [0.4, 0.5) is 4.39 Å². The first-order chi connectivity index (χ1) is 23.3. The summed E-state index contributed by atoms with van der Waals surface area (Å²) in [4.78, 5) is 44.6. The van der Waals surface area contributed by atoms with Crippen molar-refractivity contribution in [1.82, 2.24) is 19.0 Å². The molecule has 10 nitrogen and oxygen atoms in total. The van der Waals surface area contributed by atoms with Crippen LogP contribution in [0, 0.1) is 17.8 Å². The van der Waals surface area contributed by atoms with Crippen LogP contribution in [0.5, 0.6) is 5.75 Å². The number of para-hydroxylation sites is 1. The summed E-state index contributed by atoms with van der Waals surface area (Å²) in [5, 5.41) is 10.6. The molecular formula is C38H45FN4O6. The third kappa shape index (κ3) is 6.51. The number of piperidine rings is 1. The number of methoxy groups -OCH3 is 1. The number of carboxylic acid groups (broad SMARTS) is 1. The number of ether oxygens (including phenoxy) is 2. The molecule has 0 unspecified atom stereocenters. The van der Waals surface area contributed by atoms with Crippen LogP contribution in [0.25, 0.3) is 33.5 Å². The van der Waals surface area contributed by atoms with E-state index in [1.165, 1.54) is 23.3 Å². The quantitative estimate of drug-likeness (QED) is 0.196. The van der Waals surface area contributed by atoms with E-state index in [0.717, 1.165) is 34.5 Å². The molecule has 2 aromatic carbocycles. The van der Waals surface area contributed by atoms with Crippen molar-refractivity contribution >= 4 is 39.8 Å². The van der Waals surface area contributed by atoms with Crippen LogP contribution in [-0.2, 0) is 27.9 Å². The second kappa shape index (κ2) is 12.5. The molecule has 2 aromatic heterocycles. The summed E-state index contributed by atoms with van der Waals surface area (Å²) in [6, 6.07) is 11.9. The van der Waals surface area contributed by atoms with Crippen molar-refractivity contribution in [3.8, 4) is 17.3 Å². The predicted octanol–water partition coefficient (Wildman–Crippen LogP) is 6.72. The molecule has 11 heteroatoms. The van der Waals surface area contributed by atoms with Crippen molar-refractivity contribution in [3.63, 3.8) is 0 Å². The Labute approximate surface area is 285 Å². The lowest BCUT2D eigenvalue weighted by Gasteiger charge is -2.35. The molecule has 2 aliphatic carbocycles. The van der Waals surface area contributed by atoms with E-state index in [4.69, 9.17) is 14.5 Å². The number of hydrogen-bond donors (Lipinski definition) is 1. The number of likely N-dealkylation sites (tertiary alicyclic amines) is 1. The number of nitrogens with zero attached hydrogens (tertiary/aromatic N) is 4. The first-order valence-electron chi connectivity index (χ1n) is 17.3. The summed E-state index contributed by atoms with van der Waals surface area (Å²) >= 11 is 0. The average molecular weight is 673 g/mol. The molecule has 2 atom stereocenters. The topological polar surface area (TPSA) is 116 Å². The number of fused-ring (bicyclic) bond motifs is 2. The van der Waals surface area contributed by atoms with Gasteiger partial charge in [-0.3, -0.25) is 14.4 Å². The minimum atomic E-state index is -1.24. The van der Waals surface area contributed by atoms with Crippen molar-refractivity contribution < 1.29 is 33.4 Å². The van der Waals surface area contributed by atoms with Gasteiger partial charge < -0.3 is 28.6 Å². The SMILES string of the molecule is COc1cc(C(=O)N2C[C@H](F)C[C@@H](CC(=O)OC(C)(C)C)C2)cc2nc(-c3cc4cccc(C5CC(C(=O)O)C5)c4n3CC3CC3)n(C)c12. The summed E-state index contributed by atoms with van der Waals surface area (Å²) in [7, 11) is 3.50. The minimum absolute atomic E-state index is 0.0463. The molecule has 260 valence electrons. The maximum atomic E-state index is 15.0. The fourth-order valence-electron chi connectivity index (χ4n) is 7.76. The second-order valence-corrected chi connectivity index (χ2v) is 15.3. The van der Waals surface area contributed by atoms with Gasteiger partial charge in [0.1, 0.15) is 23.0 Å². The monoisotopic (exact) mass is 672 g/mol. The molecule has 1 N–H and O–H groups in total. The number of halogens is 1. The summed E-state index contributed by atoms with van der Waals surface area (Å²) < 4.78 is 30.6. The number of rotatable bonds is 9. The van der Waals surface area contributed by atoms with Gasteiger partial charge in [-0.2, -0.15) is 0 Å². The zero-order valence-electron chi connectivity index (χ0n) is 28.9. The number of benzene rings is 2. The van der Waals surface area contributed by atoms with Crippen LogP contribution in [0.15, 0.2) is 36.4 Å². The molecule has 3 aliphatic rings. The fraction of sp³-hybridized carbons (Fsp3) is 0.526. The van der Waals surface area contributed by atoms with Gasteiger partial charge in [0.15, 0.2) is 5.82 Å². The number of imidazole rings is 1. The maximum Gasteiger partial charge on any atom is 0.306 e. The van der Waals surface area contributed by atoms with Crippen LogP contribution >= 0.6 is 0 Å². The molecular weight excluding hydrogens is 627 g/mol. The van der Waals surface area contributed by atoms with Crippen molar-refractivity contribution in [3.05, 3.63) is 47.5 Å². The number of esters is 1. The van der Waals surface area contributed by atoms with Gasteiger partial charge in [-0.05, 0) is 94.4 Å². The van der Waals surface area contributed by atoms with Gasteiger partial charge in [0.25, 0.3) is 5.91 Å². The van der Waals surface area contributed by atoms with Crippen LogP contribution in [0.1, 0.15) is 81.1 Å². The molecule has 0 spiro atoms. The molecule has 7 rings (SSSR count). The number of aliphatic carboxylic acids is 1. The standard InChI is InChI=1S/C38H45FN4O6/c1-38(2,3)49-32(44)12-22-11-27(39)20-42(18-22)36(45)25-15-29-34(31(17-25)48-5)41(4)35(40-29)30-16-23-7-6-8-28(24-13-26(14-24)37(46)47)33(23)43(30)19-21-9-10-21/h6-8,15-17,21-22,24,26-27H,9-14,18-20H2,1-5H3,(H,46,47)/t22-,24?,26?,27+/m0/s1. The van der Waals surface area contributed by atoms with Gasteiger partial charge in [-0.15, -0.1) is 0 Å². The Balaban J connectivity index is 1.23. The number of aryl methyl sites for hydroxylation is 1. The summed E-state index contributed by atoms with van der Waals surface area (Å²) in [5.41, 5.74) is 4.32. The lowest BCUT2D eigenvalue weighted by molar-refractivity contribution is -0.156. The fourth-order valence-corrected chi connectivity index (χ4v) is 7.76. The summed E-state index contributed by atoms with van der Waals surface area (Å²) in [6.45, 7) is 6.44. The Hall–Kier alpha value is -4.41. The zero-order valence-corrected chi connectivity index (χ0v) is 28.9. The minimum Gasteiger partial charge on any atom is -0.494 e. The van der Waals surface area contributed by atoms with Gasteiger partial charge in [0.2, 0.25) is 0 Å². The smallest absolute Gasteiger partial charge is 0.306 e. The number of carboxylic acids is 1. The average Bonchev–Trinajstić information content (AvgIpc) is 3.66. The van der Waals surface area contributed by atoms with Crippen molar-refractivity contribution in [1.29, 1.82) is 0 Å². The van der Waals surface area contributed by atoms with E-state index in [-0.39, 0.29) is 49.6 Å². The van der Waals surface area contributed by atoms with Gasteiger partial charge >= 0.3 is 11.9 Å². The van der Waals surface area contributed by atoms with Gasteiger partial charge in [-0.25, -0.2) is 9.37 Å². The number of amides is 1. The highest BCUT2D eigenvalue weighted by atomic mass is 19.1. The lowest BCUT2D eigenvalue weighted by atomic mass is 9.71. The number of alkyl halides is 1. The van der Waals surface area contributed by atoms with Crippen molar-refractivity contribution in [2.45, 2.75) is 83.5 Å². The first-order valence-corrected chi connectivity index (χ1v) is 17.3. The molecule has 0 radical (unpaired) electrons. The van der Waals surface area contributed by atoms with E-state index in [2.05, 4.69) is 22.8 Å². The molecule has 0 bridgehead atoms. The van der Waals surface area contributed by atoms with E-state index in [9.17, 15) is 23.9 Å². The lowest BCUT2D eigenvalue weighted by Crippen LogP contribution is -2.45. The molecule has 2 saturated carbocycles. The molecule has 1 aliphatic heterocycles. The highest BCUT2D eigenvalue weighted by molar-refractivity contribution is 6.00. The summed E-state index contributed by atoms with van der Waals surface area (Å²) in [5.74, 6) is -0.111. The zero-order chi connectivity index (χ0) is 34.8. The molecule has 1 saturated heterocycles. The Morgan fingerprint density at radius 2 is 1.78 bits per heavy atom. The number of carbonyl (C=O) groups is 3. The third-order valence-electron chi connectivity index (χ3n) is 10.3. The van der Waals surface area contributed by atoms with Gasteiger partial charge in [0, 0.05) is 31.1 Å². The number of hydrogen-bond acceptors (Lipinski definition) is 6. The highest BCUT2D eigenvalue weighted by Gasteiger charge is 2.38. The number of carbonyl (C=O) groups excluding carboxylic acids is 2. The molecule has 49 heavy (non-hydrogen) atoms. The van der Waals surface area contributed by atoms with E-state index >= 15 is 0 Å². The summed E-state index contributed by atoms with van der Waals surface area (Å²) in [6.07, 6.45) is 2.62. The Morgan fingerprint density at radius 3 is 2.45 bits per heavy atom. The second-order valence-electron chi connectivity index (χ2n) is 15.3. The van der Waals surface area contributed by atoms with Crippen LogP contribution in [0.3, 0.4) is 0 Å². The van der Waals surface area contributed by atoms with E-state index in [1.807, 2.05) is 17.7 Å². The van der Waals surface area contributed by atoms with E-state index < -0.39 is 23.7 Å². The van der Waals surface area contributed by atoms with Crippen LogP contribution in [-0.4, -0.2) is 73.9 Å². The first kappa shape index (κ1) is 33.1.